The number of likely N-dealkylation sites (tertiary alicyclic amines) is 1. The highest BCUT2D eigenvalue weighted by atomic mass is 16.6. The predicted molar refractivity (Wildman–Crippen MR) is 187 cm³/mol. The van der Waals surface area contributed by atoms with E-state index in [0.717, 1.165) is 36.2 Å². The molecule has 2 aliphatic rings. The molecule has 4 heterocycles. The van der Waals surface area contributed by atoms with Crippen molar-refractivity contribution in [2.75, 3.05) is 32.8 Å². The summed E-state index contributed by atoms with van der Waals surface area (Å²) in [5, 5.41) is 17.5. The quantitative estimate of drug-likeness (QED) is 0.239. The first kappa shape index (κ1) is 42.1. The minimum absolute atomic E-state index is 0. The number of amides is 2. The van der Waals surface area contributed by atoms with Crippen molar-refractivity contribution < 1.29 is 28.6 Å². The number of hydrogen-bond donors (Lipinski definition) is 0. The molecule has 1 fully saturated rings. The highest BCUT2D eigenvalue weighted by Gasteiger charge is 2.28. The van der Waals surface area contributed by atoms with E-state index in [2.05, 4.69) is 20.8 Å². The second-order valence-corrected chi connectivity index (χ2v) is 13.2. The van der Waals surface area contributed by atoms with Crippen molar-refractivity contribution in [3.8, 4) is 12.1 Å². The highest BCUT2D eigenvalue weighted by Crippen LogP contribution is 2.27. The first-order chi connectivity index (χ1) is 22.5. The number of hydrogen-bond acceptors (Lipinski definition) is 10. The molecule has 0 atom stereocenters. The number of piperidine rings is 1. The molecule has 2 amide bonds. The van der Waals surface area contributed by atoms with Gasteiger partial charge in [-0.25, -0.2) is 9.59 Å². The summed E-state index contributed by atoms with van der Waals surface area (Å²) in [6.45, 7) is 17.3. The van der Waals surface area contributed by atoms with Crippen LogP contribution in [0.2, 0.25) is 0 Å². The summed E-state index contributed by atoms with van der Waals surface area (Å²) in [6, 6.07) is 11.4. The van der Waals surface area contributed by atoms with Crippen molar-refractivity contribution in [1.82, 2.24) is 19.8 Å². The molecule has 0 saturated carbocycles. The zero-order valence-electron chi connectivity index (χ0n) is 29.4. The van der Waals surface area contributed by atoms with Gasteiger partial charge in [0.2, 0.25) is 0 Å². The molecular weight excluding hydrogens is 624 g/mol. The van der Waals surface area contributed by atoms with E-state index in [-0.39, 0.29) is 25.6 Å². The zero-order chi connectivity index (χ0) is 35.9. The Morgan fingerprint density at radius 3 is 1.73 bits per heavy atom. The van der Waals surface area contributed by atoms with E-state index in [1.54, 1.807) is 41.2 Å². The van der Waals surface area contributed by atoms with Gasteiger partial charge < -0.3 is 24.0 Å². The van der Waals surface area contributed by atoms with Gasteiger partial charge in [-0.1, -0.05) is 13.5 Å². The Morgan fingerprint density at radius 2 is 1.37 bits per heavy atom. The number of pyridine rings is 2. The summed E-state index contributed by atoms with van der Waals surface area (Å²) < 4.78 is 15.1. The molecule has 0 radical (unpaired) electrons. The second kappa shape index (κ2) is 19.8. The van der Waals surface area contributed by atoms with Crippen molar-refractivity contribution in [3.05, 3.63) is 65.2 Å². The van der Waals surface area contributed by atoms with Crippen LogP contribution in [0.25, 0.3) is 5.57 Å². The third-order valence-corrected chi connectivity index (χ3v) is 6.91. The van der Waals surface area contributed by atoms with Gasteiger partial charge in [0.1, 0.15) is 23.3 Å². The summed E-state index contributed by atoms with van der Waals surface area (Å²) in [7, 11) is 0. The molecule has 0 bridgehead atoms. The smallest absolute Gasteiger partial charge is 0.410 e. The number of rotatable bonds is 3. The van der Waals surface area contributed by atoms with Crippen LogP contribution in [0.1, 0.15) is 111 Å². The lowest BCUT2D eigenvalue weighted by molar-refractivity contribution is -0.140. The maximum absolute atomic E-state index is 12.0. The fourth-order valence-electron chi connectivity index (χ4n) is 4.64. The minimum atomic E-state index is -0.476. The molecule has 2 aromatic rings. The lowest BCUT2D eigenvalue weighted by Crippen LogP contribution is -2.41. The summed E-state index contributed by atoms with van der Waals surface area (Å²) in [5.41, 5.74) is 3.14. The van der Waals surface area contributed by atoms with Crippen LogP contribution in [-0.2, 0) is 19.0 Å². The Balaban J connectivity index is 0.000000413. The fraction of sp³-hybridized carbons (Fsp3) is 0.541. The first-order valence-corrected chi connectivity index (χ1v) is 16.1. The Hall–Kier alpha value is -4.97. The van der Waals surface area contributed by atoms with E-state index in [9.17, 15) is 14.4 Å². The van der Waals surface area contributed by atoms with Crippen molar-refractivity contribution in [2.24, 2.45) is 0 Å². The topological polar surface area (TPSA) is 159 Å². The maximum Gasteiger partial charge on any atom is 0.410 e. The SMILES string of the molecule is C.CC(C)(C)OC(=O)N1CC=C(c2ccc(C#N)cn2)CC1.CC(C)(C)OC(=O)N1CCC(c2ccc(C#N)cn2)CC1.CCOC(C)=O. The number of esters is 1. The fourth-order valence-corrected chi connectivity index (χ4v) is 4.64. The average molecular weight is 677 g/mol. The molecular formula is C37H52N6O6. The summed E-state index contributed by atoms with van der Waals surface area (Å²) in [4.78, 5) is 45.8. The van der Waals surface area contributed by atoms with Crippen molar-refractivity contribution in [2.45, 2.75) is 99.2 Å². The number of carbonyl (C=O) groups is 3. The molecule has 0 unspecified atom stereocenters. The van der Waals surface area contributed by atoms with Crippen molar-refractivity contribution in [3.63, 3.8) is 0 Å². The van der Waals surface area contributed by atoms with Gasteiger partial charge in [-0.05, 0) is 97.6 Å². The van der Waals surface area contributed by atoms with Crippen LogP contribution in [0, 0.1) is 22.7 Å². The van der Waals surface area contributed by atoms with Crippen LogP contribution in [0.3, 0.4) is 0 Å². The average Bonchev–Trinajstić information content (AvgIpc) is 3.04. The Morgan fingerprint density at radius 1 is 0.837 bits per heavy atom. The lowest BCUT2D eigenvalue weighted by Gasteiger charge is -2.33. The molecule has 1 saturated heterocycles. The van der Waals surface area contributed by atoms with Gasteiger partial charge in [0.05, 0.1) is 23.4 Å². The minimum Gasteiger partial charge on any atom is -0.466 e. The Labute approximate surface area is 291 Å². The highest BCUT2D eigenvalue weighted by molar-refractivity contribution is 5.72. The van der Waals surface area contributed by atoms with Crippen LogP contribution >= 0.6 is 0 Å². The summed E-state index contributed by atoms with van der Waals surface area (Å²) in [6.07, 6.45) is 7.11. The van der Waals surface area contributed by atoms with Crippen LogP contribution in [0.5, 0.6) is 0 Å². The van der Waals surface area contributed by atoms with Crippen LogP contribution in [0.4, 0.5) is 9.59 Å². The predicted octanol–water partition coefficient (Wildman–Crippen LogP) is 7.25. The Kier molecular flexibility index (Phi) is 17.0. The Bertz CT molecular complexity index is 1470. The van der Waals surface area contributed by atoms with E-state index in [1.807, 2.05) is 65.8 Å². The van der Waals surface area contributed by atoms with Crippen LogP contribution < -0.4 is 0 Å². The monoisotopic (exact) mass is 676 g/mol. The van der Waals surface area contributed by atoms with Gasteiger partial charge in [0.15, 0.2) is 0 Å². The molecule has 0 spiro atoms. The standard InChI is InChI=1S/C16H21N3O2.C16H19N3O2.C4H8O2.CH4/c2*1-16(2,3)21-15(20)19-8-6-13(7-9-19)14-5-4-12(10-17)11-18-14;1-3-6-4(2)5;/h4-5,11,13H,6-9H2,1-3H3;4-6,11H,7-9H2,1-3H3;3H2,1-2H3;1H4. The molecule has 12 nitrogen and oxygen atoms in total. The molecule has 12 heteroatoms. The van der Waals surface area contributed by atoms with E-state index >= 15 is 0 Å². The molecule has 4 rings (SSSR count). The molecule has 0 aliphatic carbocycles. The van der Waals surface area contributed by atoms with Gasteiger partial charge in [-0.15, -0.1) is 0 Å². The third-order valence-electron chi connectivity index (χ3n) is 6.91. The molecule has 49 heavy (non-hydrogen) atoms. The summed E-state index contributed by atoms with van der Waals surface area (Å²) in [5.74, 6) is 0.133. The van der Waals surface area contributed by atoms with Gasteiger partial charge in [0.25, 0.3) is 0 Å². The van der Waals surface area contributed by atoms with Gasteiger partial charge in [0, 0.05) is 57.1 Å². The maximum atomic E-state index is 12.0. The molecule has 2 aliphatic heterocycles. The van der Waals surface area contributed by atoms with Crippen LogP contribution in [-0.4, -0.2) is 81.9 Å². The first-order valence-electron chi connectivity index (χ1n) is 16.1. The molecule has 266 valence electrons. The molecule has 0 N–H and O–H groups in total. The number of aromatic nitrogens is 2. The van der Waals surface area contributed by atoms with Crippen molar-refractivity contribution >= 4 is 23.7 Å². The van der Waals surface area contributed by atoms with E-state index in [0.29, 0.717) is 49.8 Å². The van der Waals surface area contributed by atoms with Gasteiger partial charge >= 0.3 is 18.2 Å². The number of nitriles is 2. The summed E-state index contributed by atoms with van der Waals surface area (Å²) >= 11 is 0. The zero-order valence-corrected chi connectivity index (χ0v) is 29.4. The van der Waals surface area contributed by atoms with E-state index in [4.69, 9.17) is 20.0 Å². The molecule has 0 aromatic carbocycles. The molecule has 2 aromatic heterocycles. The number of carbonyl (C=O) groups excluding carboxylic acids is 3. The second-order valence-electron chi connectivity index (χ2n) is 13.2. The number of ether oxygens (including phenoxy) is 3. The van der Waals surface area contributed by atoms with Gasteiger partial charge in [-0.2, -0.15) is 10.5 Å². The van der Waals surface area contributed by atoms with Crippen LogP contribution in [0.15, 0.2) is 42.7 Å². The lowest BCUT2D eigenvalue weighted by atomic mass is 9.93. The third kappa shape index (κ3) is 15.7. The van der Waals surface area contributed by atoms with Gasteiger partial charge in [-0.3, -0.25) is 14.8 Å². The normalized spacial score (nSPS) is 14.4. The van der Waals surface area contributed by atoms with E-state index < -0.39 is 11.2 Å². The van der Waals surface area contributed by atoms with Crippen molar-refractivity contribution in [1.29, 1.82) is 10.5 Å². The number of nitrogens with zero attached hydrogens (tertiary/aromatic N) is 6. The largest absolute Gasteiger partial charge is 0.466 e. The van der Waals surface area contributed by atoms with E-state index in [1.165, 1.54) is 6.92 Å².